The molecule has 0 aliphatic rings. The van der Waals surface area contributed by atoms with E-state index in [1.807, 2.05) is 26.2 Å². The van der Waals surface area contributed by atoms with Gasteiger partial charge in [0.05, 0.1) is 22.8 Å². The fourth-order valence-corrected chi connectivity index (χ4v) is 2.21. The van der Waals surface area contributed by atoms with Gasteiger partial charge in [0.1, 0.15) is 0 Å². The third-order valence-electron chi connectivity index (χ3n) is 2.70. The lowest BCUT2D eigenvalue weighted by atomic mass is 10.0. The smallest absolute Gasteiger partial charge is 0.237 e. The van der Waals surface area contributed by atoms with E-state index in [2.05, 4.69) is 17.2 Å². The number of hydrogen-bond donors (Lipinski definition) is 2. The predicted octanol–water partition coefficient (Wildman–Crippen LogP) is 1.87. The molecule has 0 spiro atoms. The van der Waals surface area contributed by atoms with E-state index in [-0.39, 0.29) is 17.9 Å². The molecule has 2 atom stereocenters. The molecule has 17 heavy (non-hydrogen) atoms. The zero-order chi connectivity index (χ0) is 13.0. The van der Waals surface area contributed by atoms with Crippen LogP contribution < -0.4 is 11.1 Å². The number of carbonyl (C=O) groups excluding carboxylic acids is 1. The Hall–Kier alpha value is -0.940. The number of aromatic nitrogens is 1. The number of carbonyl (C=O) groups is 1. The number of aryl methyl sites for hydroxylation is 1. The summed E-state index contributed by atoms with van der Waals surface area (Å²) in [6.45, 7) is 7.87. The van der Waals surface area contributed by atoms with E-state index in [9.17, 15) is 4.79 Å². The van der Waals surface area contributed by atoms with Crippen molar-refractivity contribution in [3.8, 4) is 0 Å². The number of nitrogens with one attached hydrogen (secondary N) is 1. The van der Waals surface area contributed by atoms with Gasteiger partial charge < -0.3 is 11.1 Å². The minimum Gasteiger partial charge on any atom is -0.347 e. The van der Waals surface area contributed by atoms with Crippen LogP contribution >= 0.6 is 11.3 Å². The molecule has 4 nitrogen and oxygen atoms in total. The summed E-state index contributed by atoms with van der Waals surface area (Å²) in [4.78, 5) is 16.2. The molecule has 1 unspecified atom stereocenters. The monoisotopic (exact) mass is 255 g/mol. The first-order chi connectivity index (χ1) is 7.95. The molecule has 0 saturated carbocycles. The van der Waals surface area contributed by atoms with Crippen molar-refractivity contribution < 1.29 is 4.79 Å². The van der Waals surface area contributed by atoms with E-state index in [0.29, 0.717) is 0 Å². The molecule has 1 heterocycles. The van der Waals surface area contributed by atoms with Gasteiger partial charge in [0.2, 0.25) is 5.91 Å². The van der Waals surface area contributed by atoms with Crippen LogP contribution in [0.5, 0.6) is 0 Å². The second-order valence-electron chi connectivity index (χ2n) is 4.52. The zero-order valence-electron chi connectivity index (χ0n) is 10.9. The van der Waals surface area contributed by atoms with Crippen molar-refractivity contribution in [1.29, 1.82) is 0 Å². The molecule has 0 aliphatic carbocycles. The van der Waals surface area contributed by atoms with Gasteiger partial charge in [-0.2, -0.15) is 0 Å². The fraction of sp³-hybridized carbons (Fsp3) is 0.667. The first-order valence-corrected chi connectivity index (χ1v) is 6.83. The number of thiazole rings is 1. The molecule has 0 aromatic carbocycles. The third kappa shape index (κ3) is 3.78. The van der Waals surface area contributed by atoms with Gasteiger partial charge >= 0.3 is 0 Å². The van der Waals surface area contributed by atoms with Gasteiger partial charge in [0.25, 0.3) is 0 Å². The Morgan fingerprint density at radius 3 is 2.65 bits per heavy atom. The summed E-state index contributed by atoms with van der Waals surface area (Å²) in [5, 5.41) is 5.98. The van der Waals surface area contributed by atoms with Crippen molar-refractivity contribution in [3.05, 3.63) is 16.1 Å². The molecule has 1 rings (SSSR count). The topological polar surface area (TPSA) is 68.0 Å². The SMILES string of the molecule is CCc1nc(C(C)NC(=O)[C@@H](N)C(C)C)cs1. The molecule has 1 aromatic heterocycles. The molecule has 0 bridgehead atoms. The number of amides is 1. The van der Waals surface area contributed by atoms with Crippen molar-refractivity contribution in [3.63, 3.8) is 0 Å². The molecule has 5 heteroatoms. The van der Waals surface area contributed by atoms with Crippen LogP contribution in [-0.2, 0) is 11.2 Å². The van der Waals surface area contributed by atoms with Crippen LogP contribution in [0.4, 0.5) is 0 Å². The molecular formula is C12H21N3OS. The zero-order valence-corrected chi connectivity index (χ0v) is 11.7. The van der Waals surface area contributed by atoms with Crippen molar-refractivity contribution in [1.82, 2.24) is 10.3 Å². The highest BCUT2D eigenvalue weighted by Crippen LogP contribution is 2.17. The van der Waals surface area contributed by atoms with E-state index in [1.165, 1.54) is 0 Å². The van der Waals surface area contributed by atoms with Crippen molar-refractivity contribution in [2.45, 2.75) is 46.2 Å². The highest BCUT2D eigenvalue weighted by Gasteiger charge is 2.20. The quantitative estimate of drug-likeness (QED) is 0.844. The van der Waals surface area contributed by atoms with Crippen LogP contribution in [0, 0.1) is 5.92 Å². The maximum atomic E-state index is 11.8. The molecular weight excluding hydrogens is 234 g/mol. The summed E-state index contributed by atoms with van der Waals surface area (Å²) in [6.07, 6.45) is 0.927. The van der Waals surface area contributed by atoms with Crippen molar-refractivity contribution in [2.75, 3.05) is 0 Å². The van der Waals surface area contributed by atoms with Crippen LogP contribution in [-0.4, -0.2) is 16.9 Å². The lowest BCUT2D eigenvalue weighted by Gasteiger charge is -2.18. The van der Waals surface area contributed by atoms with E-state index in [4.69, 9.17) is 5.73 Å². The highest BCUT2D eigenvalue weighted by atomic mass is 32.1. The van der Waals surface area contributed by atoms with Gasteiger partial charge in [-0.15, -0.1) is 11.3 Å². The molecule has 1 amide bonds. The Morgan fingerprint density at radius 1 is 1.53 bits per heavy atom. The Kier molecular flexibility index (Phi) is 5.08. The van der Waals surface area contributed by atoms with Crippen LogP contribution in [0.1, 0.15) is 44.4 Å². The molecule has 0 fully saturated rings. The maximum absolute atomic E-state index is 11.8. The second-order valence-corrected chi connectivity index (χ2v) is 5.46. The van der Waals surface area contributed by atoms with E-state index in [0.717, 1.165) is 17.1 Å². The fourth-order valence-electron chi connectivity index (χ4n) is 1.37. The summed E-state index contributed by atoms with van der Waals surface area (Å²) < 4.78 is 0. The minimum absolute atomic E-state index is 0.0798. The lowest BCUT2D eigenvalue weighted by molar-refractivity contribution is -0.123. The average molecular weight is 255 g/mol. The van der Waals surface area contributed by atoms with Crippen LogP contribution in [0.25, 0.3) is 0 Å². The van der Waals surface area contributed by atoms with Crippen LogP contribution in [0.15, 0.2) is 5.38 Å². The standard InChI is InChI=1S/C12H21N3OS/c1-5-10-15-9(6-17-10)8(4)14-12(16)11(13)7(2)3/h6-8,11H,5,13H2,1-4H3,(H,14,16)/t8?,11-/m0/s1. The van der Waals surface area contributed by atoms with Gasteiger partial charge in [-0.05, 0) is 19.3 Å². The molecule has 0 aliphatic heterocycles. The summed E-state index contributed by atoms with van der Waals surface area (Å²) >= 11 is 1.63. The summed E-state index contributed by atoms with van der Waals surface area (Å²) in [5.74, 6) is 0.0300. The number of nitrogens with two attached hydrogens (primary N) is 1. The Balaban J connectivity index is 2.59. The van der Waals surface area contributed by atoms with Gasteiger partial charge in [0, 0.05) is 5.38 Å². The normalized spacial score (nSPS) is 14.7. The first-order valence-electron chi connectivity index (χ1n) is 5.96. The van der Waals surface area contributed by atoms with Crippen LogP contribution in [0.2, 0.25) is 0 Å². The molecule has 1 aromatic rings. The largest absolute Gasteiger partial charge is 0.347 e. The van der Waals surface area contributed by atoms with Crippen LogP contribution in [0.3, 0.4) is 0 Å². The maximum Gasteiger partial charge on any atom is 0.237 e. The Morgan fingerprint density at radius 2 is 2.18 bits per heavy atom. The Bertz CT molecular complexity index is 376. The predicted molar refractivity (Wildman–Crippen MR) is 70.9 cm³/mol. The second kappa shape index (κ2) is 6.12. The number of nitrogens with zero attached hydrogens (tertiary/aromatic N) is 1. The summed E-state index contributed by atoms with van der Waals surface area (Å²) in [5.41, 5.74) is 6.70. The summed E-state index contributed by atoms with van der Waals surface area (Å²) in [6, 6.07) is -0.536. The first kappa shape index (κ1) is 14.1. The van der Waals surface area contributed by atoms with Gasteiger partial charge in [0.15, 0.2) is 0 Å². The van der Waals surface area contributed by atoms with Crippen molar-refractivity contribution in [2.24, 2.45) is 11.7 Å². The summed E-state index contributed by atoms with van der Waals surface area (Å²) in [7, 11) is 0. The van der Waals surface area contributed by atoms with E-state index >= 15 is 0 Å². The van der Waals surface area contributed by atoms with Gasteiger partial charge in [-0.1, -0.05) is 20.8 Å². The Labute approximate surface area is 107 Å². The minimum atomic E-state index is -0.457. The highest BCUT2D eigenvalue weighted by molar-refractivity contribution is 7.09. The molecule has 0 radical (unpaired) electrons. The molecule has 0 saturated heterocycles. The molecule has 96 valence electrons. The van der Waals surface area contributed by atoms with E-state index < -0.39 is 6.04 Å². The third-order valence-corrected chi connectivity index (χ3v) is 3.71. The van der Waals surface area contributed by atoms with Gasteiger partial charge in [-0.3, -0.25) is 4.79 Å². The van der Waals surface area contributed by atoms with Gasteiger partial charge in [-0.25, -0.2) is 4.98 Å². The molecule has 3 N–H and O–H groups in total. The number of hydrogen-bond acceptors (Lipinski definition) is 4. The number of rotatable bonds is 5. The van der Waals surface area contributed by atoms with E-state index in [1.54, 1.807) is 11.3 Å². The average Bonchev–Trinajstić information content (AvgIpc) is 2.76. The van der Waals surface area contributed by atoms with Crippen molar-refractivity contribution >= 4 is 17.2 Å². The lowest BCUT2D eigenvalue weighted by Crippen LogP contribution is -2.44.